The monoisotopic (exact) mass is 468 g/mol. The summed E-state index contributed by atoms with van der Waals surface area (Å²) in [4.78, 5) is 15.0. The first-order chi connectivity index (χ1) is 15.7. The quantitative estimate of drug-likeness (QED) is 0.520. The summed E-state index contributed by atoms with van der Waals surface area (Å²) in [5.74, 6) is 2.01. The molecule has 2 aliphatic heterocycles. The molecule has 1 saturated heterocycles. The van der Waals surface area contributed by atoms with E-state index in [4.69, 9.17) is 9.47 Å². The van der Waals surface area contributed by atoms with Crippen molar-refractivity contribution in [2.24, 2.45) is 0 Å². The van der Waals surface area contributed by atoms with Gasteiger partial charge in [0.25, 0.3) is 0 Å². The van der Waals surface area contributed by atoms with E-state index in [1.54, 1.807) is 0 Å². The van der Waals surface area contributed by atoms with Gasteiger partial charge in [0.15, 0.2) is 15.8 Å². The molecule has 1 N–H and O–H groups in total. The van der Waals surface area contributed by atoms with Crippen LogP contribution >= 0.6 is 23.1 Å². The predicted molar refractivity (Wildman–Crippen MR) is 126 cm³/mol. The molecule has 1 atom stereocenters. The number of nitrogens with zero attached hydrogens (tertiary/aromatic N) is 3. The van der Waals surface area contributed by atoms with E-state index >= 15 is 0 Å². The highest BCUT2D eigenvalue weighted by Crippen LogP contribution is 2.38. The van der Waals surface area contributed by atoms with Crippen molar-refractivity contribution in [3.63, 3.8) is 0 Å². The maximum absolute atomic E-state index is 13.0. The predicted octanol–water partition coefficient (Wildman–Crippen LogP) is 4.82. The van der Waals surface area contributed by atoms with Gasteiger partial charge in [-0.3, -0.25) is 4.79 Å². The maximum Gasteiger partial charge on any atom is 0.233 e. The Morgan fingerprint density at radius 3 is 2.91 bits per heavy atom. The van der Waals surface area contributed by atoms with Crippen LogP contribution in [0.1, 0.15) is 30.0 Å². The number of thioether (sulfide) groups is 1. The van der Waals surface area contributed by atoms with Crippen LogP contribution in [0.3, 0.4) is 0 Å². The first-order valence-electron chi connectivity index (χ1n) is 10.7. The largest absolute Gasteiger partial charge is 0.486 e. The molecule has 0 spiro atoms. The molecule has 166 valence electrons. The molecule has 9 heteroatoms. The van der Waals surface area contributed by atoms with E-state index in [0.717, 1.165) is 57.2 Å². The topological polar surface area (TPSA) is 76.6 Å². The van der Waals surface area contributed by atoms with Crippen molar-refractivity contribution >= 4 is 39.8 Å². The lowest BCUT2D eigenvalue weighted by Gasteiger charge is -2.26. The summed E-state index contributed by atoms with van der Waals surface area (Å²) in [5, 5.41) is 12.5. The van der Waals surface area contributed by atoms with Crippen LogP contribution in [0.15, 0.2) is 46.8 Å². The second kappa shape index (κ2) is 9.38. The van der Waals surface area contributed by atoms with Crippen LogP contribution in [0.25, 0.3) is 0 Å². The summed E-state index contributed by atoms with van der Waals surface area (Å²) in [5.41, 5.74) is 3.26. The Hall–Kier alpha value is -2.78. The molecule has 32 heavy (non-hydrogen) atoms. The number of para-hydroxylation sites is 1. The van der Waals surface area contributed by atoms with E-state index in [1.165, 1.54) is 23.1 Å². The Balaban J connectivity index is 1.21. The first-order valence-corrected chi connectivity index (χ1v) is 12.5. The third-order valence-electron chi connectivity index (χ3n) is 5.64. The summed E-state index contributed by atoms with van der Waals surface area (Å²) >= 11 is 2.90. The summed E-state index contributed by atoms with van der Waals surface area (Å²) in [6, 6.07) is 14.1. The number of anilines is 2. The number of aromatic nitrogens is 2. The molecule has 0 saturated carbocycles. The van der Waals surface area contributed by atoms with Gasteiger partial charge in [0.2, 0.25) is 11.0 Å². The Morgan fingerprint density at radius 1 is 1.19 bits per heavy atom. The number of ether oxygens (including phenoxy) is 2. The number of nitrogens with one attached hydrogen (secondary N) is 1. The van der Waals surface area contributed by atoms with E-state index in [2.05, 4.69) is 15.5 Å². The number of benzene rings is 2. The van der Waals surface area contributed by atoms with Crippen molar-refractivity contribution in [3.05, 3.63) is 53.6 Å². The zero-order valence-corrected chi connectivity index (χ0v) is 19.4. The van der Waals surface area contributed by atoms with E-state index in [-0.39, 0.29) is 11.9 Å². The van der Waals surface area contributed by atoms with Crippen LogP contribution in [0.2, 0.25) is 0 Å². The van der Waals surface area contributed by atoms with Crippen molar-refractivity contribution in [1.29, 1.82) is 0 Å². The Kier molecular flexibility index (Phi) is 6.18. The van der Waals surface area contributed by atoms with Crippen molar-refractivity contribution in [2.45, 2.75) is 30.1 Å². The van der Waals surface area contributed by atoms with Crippen molar-refractivity contribution < 1.29 is 14.3 Å². The van der Waals surface area contributed by atoms with Gasteiger partial charge in [-0.15, -0.1) is 10.2 Å². The third-order valence-corrected chi connectivity index (χ3v) is 7.59. The fourth-order valence-corrected chi connectivity index (χ4v) is 5.68. The van der Waals surface area contributed by atoms with Crippen molar-refractivity contribution in [1.82, 2.24) is 15.1 Å². The number of carbonyl (C=O) groups excluding carboxylic acids is 1. The van der Waals surface area contributed by atoms with Gasteiger partial charge in [0, 0.05) is 12.2 Å². The molecule has 2 aromatic carbocycles. The molecule has 0 radical (unpaired) electrons. The minimum absolute atomic E-state index is 0.0756. The van der Waals surface area contributed by atoms with Gasteiger partial charge in [-0.25, -0.2) is 0 Å². The minimum Gasteiger partial charge on any atom is -0.486 e. The van der Waals surface area contributed by atoms with Gasteiger partial charge in [-0.1, -0.05) is 47.4 Å². The molecular formula is C23H24N4O3S2. The smallest absolute Gasteiger partial charge is 0.233 e. The number of aryl methyl sites for hydroxylation is 1. The fourth-order valence-electron chi connectivity index (χ4n) is 4.03. The molecule has 1 amide bonds. The number of hydrogen-bond donors (Lipinski definition) is 1. The molecule has 5 rings (SSSR count). The lowest BCUT2D eigenvalue weighted by Crippen LogP contribution is -2.32. The number of likely N-dealkylation sites (tertiary alicyclic amines) is 1. The Bertz CT molecular complexity index is 1120. The summed E-state index contributed by atoms with van der Waals surface area (Å²) in [7, 11) is 0. The van der Waals surface area contributed by atoms with E-state index in [0.29, 0.717) is 19.0 Å². The highest BCUT2D eigenvalue weighted by molar-refractivity contribution is 8.01. The van der Waals surface area contributed by atoms with Crippen molar-refractivity contribution in [3.8, 4) is 11.5 Å². The number of hydrogen-bond acceptors (Lipinski definition) is 8. The van der Waals surface area contributed by atoms with Crippen LogP contribution < -0.4 is 14.8 Å². The van der Waals surface area contributed by atoms with Crippen LogP contribution in [0.5, 0.6) is 11.5 Å². The highest BCUT2D eigenvalue weighted by atomic mass is 32.2. The van der Waals surface area contributed by atoms with Gasteiger partial charge in [-0.05, 0) is 49.1 Å². The lowest BCUT2D eigenvalue weighted by molar-refractivity contribution is -0.129. The van der Waals surface area contributed by atoms with E-state index in [1.807, 2.05) is 54.3 Å². The van der Waals surface area contributed by atoms with Gasteiger partial charge in [-0.2, -0.15) is 0 Å². The van der Waals surface area contributed by atoms with Gasteiger partial charge >= 0.3 is 0 Å². The molecule has 0 aliphatic carbocycles. The van der Waals surface area contributed by atoms with Crippen LogP contribution in [0, 0.1) is 6.92 Å². The number of fused-ring (bicyclic) bond motifs is 1. The summed E-state index contributed by atoms with van der Waals surface area (Å²) in [6.45, 7) is 3.95. The minimum atomic E-state index is 0.0756. The molecular weight excluding hydrogens is 444 g/mol. The standard InChI is InChI=1S/C23H24N4O3S2/c1-15-5-2-3-6-17(15)24-22-25-26-23(32-22)31-14-21(28)27-10-4-7-18(27)16-8-9-19-20(13-16)30-12-11-29-19/h2-3,5-6,8-9,13,18H,4,7,10-12,14H2,1H3,(H,24,25)/t18-/m1/s1. The van der Waals surface area contributed by atoms with E-state index in [9.17, 15) is 4.79 Å². The molecule has 3 heterocycles. The highest BCUT2D eigenvalue weighted by Gasteiger charge is 2.31. The average molecular weight is 469 g/mol. The van der Waals surface area contributed by atoms with E-state index < -0.39 is 0 Å². The van der Waals surface area contributed by atoms with Gasteiger partial charge in [0.1, 0.15) is 13.2 Å². The molecule has 0 unspecified atom stereocenters. The SMILES string of the molecule is Cc1ccccc1Nc1nnc(SCC(=O)N2CCC[C@@H]2c2ccc3c(c2)OCCO3)s1. The fraction of sp³-hybridized carbons (Fsp3) is 0.348. The van der Waals surface area contributed by atoms with Crippen molar-refractivity contribution in [2.75, 3.05) is 30.8 Å². The maximum atomic E-state index is 13.0. The second-order valence-electron chi connectivity index (χ2n) is 7.75. The second-order valence-corrected chi connectivity index (χ2v) is 9.95. The average Bonchev–Trinajstić information content (AvgIpc) is 3.48. The zero-order chi connectivity index (χ0) is 21.9. The number of amides is 1. The molecule has 3 aromatic rings. The normalized spacial score (nSPS) is 17.4. The Labute approximate surface area is 195 Å². The van der Waals surface area contributed by atoms with Gasteiger partial charge in [0.05, 0.1) is 11.8 Å². The molecule has 1 fully saturated rings. The van der Waals surface area contributed by atoms with Crippen LogP contribution in [-0.4, -0.2) is 46.5 Å². The third kappa shape index (κ3) is 4.54. The number of carbonyl (C=O) groups is 1. The van der Waals surface area contributed by atoms with Crippen LogP contribution in [-0.2, 0) is 4.79 Å². The van der Waals surface area contributed by atoms with Gasteiger partial charge < -0.3 is 19.7 Å². The molecule has 1 aromatic heterocycles. The summed E-state index contributed by atoms with van der Waals surface area (Å²) < 4.78 is 12.1. The number of rotatable bonds is 6. The summed E-state index contributed by atoms with van der Waals surface area (Å²) in [6.07, 6.45) is 1.96. The zero-order valence-electron chi connectivity index (χ0n) is 17.7. The Morgan fingerprint density at radius 2 is 2.03 bits per heavy atom. The molecule has 0 bridgehead atoms. The van der Waals surface area contributed by atoms with Crippen LogP contribution in [0.4, 0.5) is 10.8 Å². The molecule has 7 nitrogen and oxygen atoms in total. The lowest BCUT2D eigenvalue weighted by atomic mass is 10.0. The molecule has 2 aliphatic rings. The first kappa shape index (κ1) is 21.1.